The molecule has 90 valence electrons. The number of methoxy groups -OCH3 is 1. The number of nitrogens with zero attached hydrogens (tertiary/aromatic N) is 1. The Morgan fingerprint density at radius 3 is 2.88 bits per heavy atom. The summed E-state index contributed by atoms with van der Waals surface area (Å²) in [6, 6.07) is 3.76. The van der Waals surface area contributed by atoms with Crippen LogP contribution in [0.1, 0.15) is 20.3 Å². The summed E-state index contributed by atoms with van der Waals surface area (Å²) in [6.45, 7) is 5.26. The third-order valence-corrected chi connectivity index (χ3v) is 2.50. The van der Waals surface area contributed by atoms with E-state index >= 15 is 0 Å². The van der Waals surface area contributed by atoms with Crippen LogP contribution in [0.3, 0.4) is 0 Å². The molecule has 0 aliphatic carbocycles. The van der Waals surface area contributed by atoms with Crippen LogP contribution in [-0.2, 0) is 0 Å². The van der Waals surface area contributed by atoms with Crippen molar-refractivity contribution in [2.45, 2.75) is 20.3 Å². The zero-order valence-corrected chi connectivity index (χ0v) is 10.2. The Labute approximate surface area is 96.7 Å². The highest BCUT2D eigenvalue weighted by Gasteiger charge is 2.16. The normalized spacial score (nSPS) is 11.2. The van der Waals surface area contributed by atoms with Gasteiger partial charge >= 0.3 is 0 Å². The fraction of sp³-hybridized carbons (Fsp3) is 0.583. The Bertz CT molecular complexity index is 327. The van der Waals surface area contributed by atoms with Crippen LogP contribution in [0.25, 0.3) is 0 Å². The number of hydrogen-bond donors (Lipinski definition) is 2. The maximum Gasteiger partial charge on any atom is 0.214 e. The lowest BCUT2D eigenvalue weighted by molar-refractivity contribution is 0.220. The van der Waals surface area contributed by atoms with Crippen molar-refractivity contribution in [3.05, 3.63) is 18.3 Å². The van der Waals surface area contributed by atoms with Crippen molar-refractivity contribution in [3.8, 4) is 5.88 Å². The Balaban J connectivity index is 2.53. The predicted octanol–water partition coefficient (Wildman–Crippen LogP) is 1.91. The van der Waals surface area contributed by atoms with Crippen molar-refractivity contribution in [2.24, 2.45) is 5.41 Å². The average Bonchev–Trinajstić information content (AvgIpc) is 2.27. The van der Waals surface area contributed by atoms with E-state index in [4.69, 9.17) is 9.84 Å². The van der Waals surface area contributed by atoms with Crippen LogP contribution in [0.4, 0.5) is 5.69 Å². The van der Waals surface area contributed by atoms with E-state index in [1.54, 1.807) is 13.3 Å². The second-order valence-electron chi connectivity index (χ2n) is 4.58. The van der Waals surface area contributed by atoms with Crippen LogP contribution in [-0.4, -0.2) is 30.4 Å². The number of rotatable bonds is 6. The summed E-state index contributed by atoms with van der Waals surface area (Å²) in [5.74, 6) is 0.602. The van der Waals surface area contributed by atoms with Gasteiger partial charge in [-0.2, -0.15) is 0 Å². The molecule has 0 unspecified atom stereocenters. The van der Waals surface area contributed by atoms with E-state index in [9.17, 15) is 0 Å². The monoisotopic (exact) mass is 224 g/mol. The summed E-state index contributed by atoms with van der Waals surface area (Å²) in [6.07, 6.45) is 2.49. The molecule has 0 aromatic carbocycles. The molecule has 0 spiro atoms. The first-order valence-electron chi connectivity index (χ1n) is 5.42. The third-order valence-electron chi connectivity index (χ3n) is 2.50. The van der Waals surface area contributed by atoms with Crippen LogP contribution in [0, 0.1) is 5.41 Å². The fourth-order valence-electron chi connectivity index (χ4n) is 1.36. The SMILES string of the molecule is COc1cc(NCC(C)(C)CCO)ccn1. The molecule has 0 saturated carbocycles. The van der Waals surface area contributed by atoms with Crippen molar-refractivity contribution in [3.63, 3.8) is 0 Å². The molecule has 0 saturated heterocycles. The van der Waals surface area contributed by atoms with Gasteiger partial charge in [0.05, 0.1) is 7.11 Å². The van der Waals surface area contributed by atoms with Gasteiger partial charge in [-0.1, -0.05) is 13.8 Å². The highest BCUT2D eigenvalue weighted by molar-refractivity contribution is 5.45. The number of aliphatic hydroxyl groups is 1. The summed E-state index contributed by atoms with van der Waals surface area (Å²) < 4.78 is 5.04. The van der Waals surface area contributed by atoms with Gasteiger partial charge in [-0.15, -0.1) is 0 Å². The Kier molecular flexibility index (Phi) is 4.55. The molecule has 1 heterocycles. The first-order chi connectivity index (χ1) is 7.57. The molecule has 0 aliphatic rings. The first-order valence-corrected chi connectivity index (χ1v) is 5.42. The highest BCUT2D eigenvalue weighted by atomic mass is 16.5. The summed E-state index contributed by atoms with van der Waals surface area (Å²) in [7, 11) is 1.60. The smallest absolute Gasteiger partial charge is 0.214 e. The highest BCUT2D eigenvalue weighted by Crippen LogP contribution is 2.21. The Hall–Kier alpha value is -1.29. The lowest BCUT2D eigenvalue weighted by atomic mass is 9.90. The van der Waals surface area contributed by atoms with Crippen molar-refractivity contribution in [1.29, 1.82) is 0 Å². The number of pyridine rings is 1. The molecule has 4 nitrogen and oxygen atoms in total. The van der Waals surface area contributed by atoms with E-state index in [1.165, 1.54) is 0 Å². The quantitative estimate of drug-likeness (QED) is 0.775. The van der Waals surface area contributed by atoms with E-state index in [0.717, 1.165) is 18.7 Å². The van der Waals surface area contributed by atoms with Gasteiger partial charge in [-0.3, -0.25) is 0 Å². The molecule has 0 bridgehead atoms. The number of ether oxygens (including phenoxy) is 1. The largest absolute Gasteiger partial charge is 0.481 e. The van der Waals surface area contributed by atoms with Gasteiger partial charge in [0.25, 0.3) is 0 Å². The number of aromatic nitrogens is 1. The van der Waals surface area contributed by atoms with Gasteiger partial charge in [-0.05, 0) is 17.9 Å². The van der Waals surface area contributed by atoms with Crippen molar-refractivity contribution < 1.29 is 9.84 Å². The number of hydrogen-bond acceptors (Lipinski definition) is 4. The van der Waals surface area contributed by atoms with Crippen LogP contribution >= 0.6 is 0 Å². The van der Waals surface area contributed by atoms with Gasteiger partial charge in [0.15, 0.2) is 0 Å². The second-order valence-corrected chi connectivity index (χ2v) is 4.58. The molecule has 2 N–H and O–H groups in total. The summed E-state index contributed by atoms with van der Waals surface area (Å²) in [4.78, 5) is 4.04. The van der Waals surface area contributed by atoms with E-state index in [1.807, 2.05) is 12.1 Å². The Morgan fingerprint density at radius 2 is 2.25 bits per heavy atom. The number of aliphatic hydroxyl groups excluding tert-OH is 1. The molecule has 0 radical (unpaired) electrons. The third kappa shape index (κ3) is 4.06. The fourth-order valence-corrected chi connectivity index (χ4v) is 1.36. The van der Waals surface area contributed by atoms with E-state index in [0.29, 0.717) is 5.88 Å². The predicted molar refractivity (Wildman–Crippen MR) is 64.8 cm³/mol. The maximum atomic E-state index is 8.92. The molecule has 1 aromatic rings. The lowest BCUT2D eigenvalue weighted by Gasteiger charge is -2.24. The van der Waals surface area contributed by atoms with Crippen LogP contribution in [0.2, 0.25) is 0 Å². The van der Waals surface area contributed by atoms with Crippen molar-refractivity contribution in [2.75, 3.05) is 25.6 Å². The van der Waals surface area contributed by atoms with E-state index in [2.05, 4.69) is 24.1 Å². The number of anilines is 1. The molecule has 0 fully saturated rings. The molecular formula is C12H20N2O2. The Morgan fingerprint density at radius 1 is 1.50 bits per heavy atom. The molecule has 0 atom stereocenters. The van der Waals surface area contributed by atoms with Crippen LogP contribution in [0.15, 0.2) is 18.3 Å². The molecule has 1 aromatic heterocycles. The molecule has 16 heavy (non-hydrogen) atoms. The minimum Gasteiger partial charge on any atom is -0.481 e. The lowest BCUT2D eigenvalue weighted by Crippen LogP contribution is -2.24. The molecule has 0 aliphatic heterocycles. The van der Waals surface area contributed by atoms with Crippen molar-refractivity contribution in [1.82, 2.24) is 4.98 Å². The van der Waals surface area contributed by atoms with E-state index < -0.39 is 0 Å². The summed E-state index contributed by atoms with van der Waals surface area (Å²) >= 11 is 0. The average molecular weight is 224 g/mol. The van der Waals surface area contributed by atoms with E-state index in [-0.39, 0.29) is 12.0 Å². The van der Waals surface area contributed by atoms with Gasteiger partial charge in [0, 0.05) is 31.1 Å². The summed E-state index contributed by atoms with van der Waals surface area (Å²) in [5, 5.41) is 12.2. The summed E-state index contributed by atoms with van der Waals surface area (Å²) in [5.41, 5.74) is 1.06. The standard InChI is InChI=1S/C12H20N2O2/c1-12(2,5-7-15)9-14-10-4-6-13-11(8-10)16-3/h4,6,8,15H,5,7,9H2,1-3H3,(H,13,14). The zero-order chi connectivity index (χ0) is 12.0. The van der Waals surface area contributed by atoms with Crippen molar-refractivity contribution >= 4 is 5.69 Å². The minimum absolute atomic E-state index is 0.0747. The van der Waals surface area contributed by atoms with Crippen LogP contribution < -0.4 is 10.1 Å². The molecule has 4 heteroatoms. The van der Waals surface area contributed by atoms with Gasteiger partial charge in [0.2, 0.25) is 5.88 Å². The first kappa shape index (κ1) is 12.8. The molecule has 0 amide bonds. The number of nitrogens with one attached hydrogen (secondary N) is 1. The van der Waals surface area contributed by atoms with Gasteiger partial charge in [0.1, 0.15) is 0 Å². The molecular weight excluding hydrogens is 204 g/mol. The van der Waals surface area contributed by atoms with Gasteiger partial charge in [-0.25, -0.2) is 4.98 Å². The maximum absolute atomic E-state index is 8.92. The second kappa shape index (κ2) is 5.70. The van der Waals surface area contributed by atoms with Gasteiger partial charge < -0.3 is 15.2 Å². The zero-order valence-electron chi connectivity index (χ0n) is 10.2. The minimum atomic E-state index is 0.0747. The van der Waals surface area contributed by atoms with Crippen LogP contribution in [0.5, 0.6) is 5.88 Å². The topological polar surface area (TPSA) is 54.4 Å². The molecule has 1 rings (SSSR count).